The molecule has 1 fully saturated rings. The van der Waals surface area contributed by atoms with E-state index in [1.54, 1.807) is 12.5 Å². The third-order valence-electron chi connectivity index (χ3n) is 4.51. The number of nitrogens with zero attached hydrogens (tertiary/aromatic N) is 2. The summed E-state index contributed by atoms with van der Waals surface area (Å²) in [5, 5.41) is 13.3. The van der Waals surface area contributed by atoms with Crippen molar-refractivity contribution in [3.05, 3.63) is 48.5 Å². The zero-order valence-electron chi connectivity index (χ0n) is 12.0. The number of hydrogen-bond acceptors (Lipinski definition) is 3. The number of hydrogen-bond donors (Lipinski definition) is 2. The Morgan fingerprint density at radius 2 is 2.10 bits per heavy atom. The minimum atomic E-state index is -0.177. The molecule has 0 radical (unpaired) electrons. The smallest absolute Gasteiger partial charge is 0.0991 e. The highest BCUT2D eigenvalue weighted by Crippen LogP contribution is 2.40. The number of rotatable bonds is 4. The monoisotopic (exact) mass is 271 g/mol. The number of aromatic nitrogens is 2. The first kappa shape index (κ1) is 13.3. The summed E-state index contributed by atoms with van der Waals surface area (Å²) in [6.45, 7) is 5.06. The third kappa shape index (κ3) is 2.37. The zero-order chi connectivity index (χ0) is 14.2. The fourth-order valence-electron chi connectivity index (χ4n) is 2.69. The number of aliphatic hydroxyl groups is 1. The van der Waals surface area contributed by atoms with Gasteiger partial charge in [0.2, 0.25) is 0 Å². The van der Waals surface area contributed by atoms with E-state index in [4.69, 9.17) is 0 Å². The first-order valence-corrected chi connectivity index (χ1v) is 7.06. The molecule has 0 saturated heterocycles. The maximum absolute atomic E-state index is 9.74. The van der Waals surface area contributed by atoms with Crippen molar-refractivity contribution in [2.75, 3.05) is 0 Å². The molecule has 1 aromatic carbocycles. The molecule has 1 aromatic heterocycles. The second-order valence-electron chi connectivity index (χ2n) is 6.14. The van der Waals surface area contributed by atoms with E-state index in [9.17, 15) is 5.11 Å². The van der Waals surface area contributed by atoms with Gasteiger partial charge in [0.1, 0.15) is 0 Å². The maximum atomic E-state index is 9.74. The molecule has 2 aromatic rings. The maximum Gasteiger partial charge on any atom is 0.0991 e. The van der Waals surface area contributed by atoms with E-state index in [0.29, 0.717) is 6.04 Å². The van der Waals surface area contributed by atoms with Gasteiger partial charge in [0.05, 0.1) is 12.4 Å². The van der Waals surface area contributed by atoms with Crippen LogP contribution in [0.15, 0.2) is 43.0 Å². The van der Waals surface area contributed by atoms with Gasteiger partial charge < -0.3 is 15.0 Å². The highest BCUT2D eigenvalue weighted by molar-refractivity contribution is 5.34. The Kier molecular flexibility index (Phi) is 3.36. The SMILES string of the molecule is CC1(C)C(O)CC1NCc1ccc(-n2ccnc2)cc1. The molecule has 20 heavy (non-hydrogen) atoms. The van der Waals surface area contributed by atoms with Gasteiger partial charge in [0.25, 0.3) is 0 Å². The molecule has 0 spiro atoms. The predicted octanol–water partition coefficient (Wildman–Crippen LogP) is 2.12. The van der Waals surface area contributed by atoms with E-state index in [1.807, 2.05) is 10.8 Å². The number of imidazole rings is 1. The van der Waals surface area contributed by atoms with Crippen LogP contribution in [0, 0.1) is 5.41 Å². The summed E-state index contributed by atoms with van der Waals surface area (Å²) >= 11 is 0. The molecule has 4 nitrogen and oxygen atoms in total. The first-order chi connectivity index (χ1) is 9.57. The van der Waals surface area contributed by atoms with E-state index < -0.39 is 0 Å². The van der Waals surface area contributed by atoms with E-state index in [1.165, 1.54) is 5.56 Å². The Morgan fingerprint density at radius 3 is 2.65 bits per heavy atom. The lowest BCUT2D eigenvalue weighted by atomic mass is 9.64. The molecule has 2 N–H and O–H groups in total. The molecule has 1 heterocycles. The minimum absolute atomic E-state index is 0.0171. The van der Waals surface area contributed by atoms with Crippen molar-refractivity contribution in [3.63, 3.8) is 0 Å². The summed E-state index contributed by atoms with van der Waals surface area (Å²) in [6.07, 6.45) is 6.18. The van der Waals surface area contributed by atoms with Gasteiger partial charge >= 0.3 is 0 Å². The van der Waals surface area contributed by atoms with Crippen LogP contribution in [0.25, 0.3) is 5.69 Å². The standard InChI is InChI=1S/C16H21N3O/c1-16(2)14(9-15(16)20)18-10-12-3-5-13(6-4-12)19-8-7-17-11-19/h3-8,11,14-15,18,20H,9-10H2,1-2H3. The van der Waals surface area contributed by atoms with Crippen molar-refractivity contribution >= 4 is 0 Å². The molecule has 1 saturated carbocycles. The van der Waals surface area contributed by atoms with Gasteiger partial charge in [-0.1, -0.05) is 26.0 Å². The van der Waals surface area contributed by atoms with Crippen LogP contribution in [0.2, 0.25) is 0 Å². The van der Waals surface area contributed by atoms with Crippen LogP contribution < -0.4 is 5.32 Å². The van der Waals surface area contributed by atoms with Crippen LogP contribution in [0.4, 0.5) is 0 Å². The normalized spacial score (nSPS) is 24.4. The molecule has 1 aliphatic carbocycles. The molecule has 2 atom stereocenters. The van der Waals surface area contributed by atoms with E-state index >= 15 is 0 Å². The Hall–Kier alpha value is -1.65. The summed E-state index contributed by atoms with van der Waals surface area (Å²) in [6, 6.07) is 8.85. The van der Waals surface area contributed by atoms with E-state index in [0.717, 1.165) is 18.7 Å². The Balaban J connectivity index is 1.59. The molecule has 4 heteroatoms. The molecule has 0 aliphatic heterocycles. The summed E-state index contributed by atoms with van der Waals surface area (Å²) in [5.41, 5.74) is 2.35. The lowest BCUT2D eigenvalue weighted by molar-refractivity contribution is -0.0729. The second-order valence-corrected chi connectivity index (χ2v) is 6.14. The Bertz CT molecular complexity index is 560. The number of nitrogens with one attached hydrogen (secondary N) is 1. The van der Waals surface area contributed by atoms with Crippen LogP contribution in [0.3, 0.4) is 0 Å². The minimum Gasteiger partial charge on any atom is -0.392 e. The predicted molar refractivity (Wildman–Crippen MR) is 78.6 cm³/mol. The second kappa shape index (κ2) is 5.04. The first-order valence-electron chi connectivity index (χ1n) is 7.06. The van der Waals surface area contributed by atoms with Crippen molar-refractivity contribution in [2.45, 2.75) is 39.0 Å². The Labute approximate surface area is 119 Å². The van der Waals surface area contributed by atoms with Crippen molar-refractivity contribution in [3.8, 4) is 5.69 Å². The molecular formula is C16H21N3O. The van der Waals surface area contributed by atoms with Crippen LogP contribution in [-0.4, -0.2) is 26.8 Å². The summed E-state index contributed by atoms with van der Waals surface area (Å²) in [7, 11) is 0. The lowest BCUT2D eigenvalue weighted by Crippen LogP contribution is -2.59. The third-order valence-corrected chi connectivity index (χ3v) is 4.51. The van der Waals surface area contributed by atoms with Gasteiger partial charge in [-0.15, -0.1) is 0 Å². The topological polar surface area (TPSA) is 50.1 Å². The highest BCUT2D eigenvalue weighted by atomic mass is 16.3. The molecule has 2 unspecified atom stereocenters. The molecule has 0 amide bonds. The van der Waals surface area contributed by atoms with Crippen LogP contribution in [0.1, 0.15) is 25.8 Å². The highest BCUT2D eigenvalue weighted by Gasteiger charge is 2.46. The quantitative estimate of drug-likeness (QED) is 0.895. The van der Waals surface area contributed by atoms with Crippen LogP contribution in [-0.2, 0) is 6.54 Å². The zero-order valence-corrected chi connectivity index (χ0v) is 12.0. The molecular weight excluding hydrogens is 250 g/mol. The lowest BCUT2D eigenvalue weighted by Gasteiger charge is -2.49. The van der Waals surface area contributed by atoms with Gasteiger partial charge in [0.15, 0.2) is 0 Å². The summed E-state index contributed by atoms with van der Waals surface area (Å²) in [5.74, 6) is 0. The van der Waals surface area contributed by atoms with Gasteiger partial charge in [-0.05, 0) is 24.1 Å². The summed E-state index contributed by atoms with van der Waals surface area (Å²) < 4.78 is 1.99. The van der Waals surface area contributed by atoms with Gasteiger partial charge in [-0.3, -0.25) is 0 Å². The number of aliphatic hydroxyl groups excluding tert-OH is 1. The average molecular weight is 271 g/mol. The average Bonchev–Trinajstić information content (AvgIpc) is 2.98. The van der Waals surface area contributed by atoms with Crippen LogP contribution >= 0.6 is 0 Å². The van der Waals surface area contributed by atoms with E-state index in [-0.39, 0.29) is 11.5 Å². The van der Waals surface area contributed by atoms with Gasteiger partial charge in [0, 0.05) is 36.1 Å². The molecule has 3 rings (SSSR count). The number of benzene rings is 1. The summed E-state index contributed by atoms with van der Waals surface area (Å²) in [4.78, 5) is 4.05. The van der Waals surface area contributed by atoms with Crippen molar-refractivity contribution in [1.29, 1.82) is 0 Å². The Morgan fingerprint density at radius 1 is 1.35 bits per heavy atom. The molecule has 1 aliphatic rings. The van der Waals surface area contributed by atoms with Gasteiger partial charge in [-0.25, -0.2) is 4.98 Å². The molecule has 106 valence electrons. The van der Waals surface area contributed by atoms with Crippen molar-refractivity contribution in [2.24, 2.45) is 5.41 Å². The molecule has 0 bridgehead atoms. The fraction of sp³-hybridized carbons (Fsp3) is 0.438. The van der Waals surface area contributed by atoms with E-state index in [2.05, 4.69) is 48.4 Å². The van der Waals surface area contributed by atoms with Crippen LogP contribution in [0.5, 0.6) is 0 Å². The van der Waals surface area contributed by atoms with Crippen molar-refractivity contribution < 1.29 is 5.11 Å². The largest absolute Gasteiger partial charge is 0.392 e. The van der Waals surface area contributed by atoms with Gasteiger partial charge in [-0.2, -0.15) is 0 Å². The fourth-order valence-corrected chi connectivity index (χ4v) is 2.69. The van der Waals surface area contributed by atoms with Crippen molar-refractivity contribution in [1.82, 2.24) is 14.9 Å².